The molecule has 1 saturated heterocycles. The Morgan fingerprint density at radius 1 is 1.26 bits per heavy atom. The lowest BCUT2D eigenvalue weighted by atomic mass is 10.3. The Morgan fingerprint density at radius 2 is 2.13 bits per heavy atom. The molecule has 0 radical (unpaired) electrons. The summed E-state index contributed by atoms with van der Waals surface area (Å²) in [5.74, 6) is 1.24. The van der Waals surface area contributed by atoms with Gasteiger partial charge in [-0.2, -0.15) is 0 Å². The molecule has 23 heavy (non-hydrogen) atoms. The average molecular weight is 316 g/mol. The third-order valence-electron chi connectivity index (χ3n) is 3.62. The zero-order valence-corrected chi connectivity index (χ0v) is 12.6. The van der Waals surface area contributed by atoms with Crippen LogP contribution in [0.25, 0.3) is 11.0 Å². The minimum absolute atomic E-state index is 0.282. The van der Waals surface area contributed by atoms with Crippen LogP contribution in [0.2, 0.25) is 0 Å². The Bertz CT molecular complexity index is 808. The summed E-state index contributed by atoms with van der Waals surface area (Å²) in [4.78, 5) is 9.56. The van der Waals surface area contributed by atoms with E-state index in [4.69, 9.17) is 13.9 Å². The standard InChI is InChI=1S/C14H16N6O3/c1-21-10-4-2-3-9-11(10)16-12(15-9)17-13-18-19-14(23-13)20-5-7-22-8-6-20/h2-4H,5-8H2,1H3,(H2,15,16,17,18). The quantitative estimate of drug-likeness (QED) is 0.747. The lowest BCUT2D eigenvalue weighted by molar-refractivity contribution is 0.120. The van der Waals surface area contributed by atoms with Crippen molar-refractivity contribution < 1.29 is 13.9 Å². The molecule has 4 rings (SSSR count). The highest BCUT2D eigenvalue weighted by atomic mass is 16.5. The monoisotopic (exact) mass is 316 g/mol. The van der Waals surface area contributed by atoms with E-state index in [1.807, 2.05) is 23.1 Å². The van der Waals surface area contributed by atoms with E-state index in [1.165, 1.54) is 0 Å². The number of para-hydroxylation sites is 1. The predicted molar refractivity (Wildman–Crippen MR) is 83.3 cm³/mol. The van der Waals surface area contributed by atoms with Crippen LogP contribution in [-0.2, 0) is 4.74 Å². The first-order valence-corrected chi connectivity index (χ1v) is 7.29. The van der Waals surface area contributed by atoms with Crippen molar-refractivity contribution in [1.29, 1.82) is 0 Å². The van der Waals surface area contributed by atoms with Crippen molar-refractivity contribution in [3.8, 4) is 5.75 Å². The number of nitrogens with one attached hydrogen (secondary N) is 2. The maximum Gasteiger partial charge on any atom is 0.323 e. The van der Waals surface area contributed by atoms with Crippen LogP contribution >= 0.6 is 0 Å². The molecule has 2 aromatic heterocycles. The number of fused-ring (bicyclic) bond motifs is 1. The molecule has 0 unspecified atom stereocenters. The molecule has 0 spiro atoms. The fraction of sp³-hybridized carbons (Fsp3) is 0.357. The van der Waals surface area contributed by atoms with Crippen molar-refractivity contribution in [2.45, 2.75) is 0 Å². The van der Waals surface area contributed by atoms with Crippen molar-refractivity contribution in [3.63, 3.8) is 0 Å². The second-order valence-corrected chi connectivity index (χ2v) is 5.05. The SMILES string of the molecule is COc1cccc2nc(Nc3nnc(N4CCOCC4)o3)[nH]c12. The van der Waals surface area contributed by atoms with Gasteiger partial charge in [0, 0.05) is 13.1 Å². The molecule has 2 N–H and O–H groups in total. The largest absolute Gasteiger partial charge is 0.494 e. The molecular weight excluding hydrogens is 300 g/mol. The van der Waals surface area contributed by atoms with Crippen LogP contribution in [0.1, 0.15) is 0 Å². The smallest absolute Gasteiger partial charge is 0.323 e. The van der Waals surface area contributed by atoms with Crippen molar-refractivity contribution in [1.82, 2.24) is 20.2 Å². The average Bonchev–Trinajstić information content (AvgIpc) is 3.22. The highest BCUT2D eigenvalue weighted by molar-refractivity contribution is 5.83. The molecule has 0 aliphatic carbocycles. The van der Waals surface area contributed by atoms with Crippen LogP contribution < -0.4 is 15.0 Å². The summed E-state index contributed by atoms with van der Waals surface area (Å²) in [7, 11) is 1.62. The van der Waals surface area contributed by atoms with Crippen LogP contribution in [0, 0.1) is 0 Å². The molecule has 1 aliphatic heterocycles. The van der Waals surface area contributed by atoms with Gasteiger partial charge in [0.25, 0.3) is 0 Å². The van der Waals surface area contributed by atoms with E-state index >= 15 is 0 Å². The molecule has 3 heterocycles. The summed E-state index contributed by atoms with van der Waals surface area (Å²) < 4.78 is 16.2. The van der Waals surface area contributed by atoms with Crippen molar-refractivity contribution in [2.75, 3.05) is 43.6 Å². The van der Waals surface area contributed by atoms with Crippen LogP contribution in [-0.4, -0.2) is 53.6 Å². The fourth-order valence-corrected chi connectivity index (χ4v) is 2.48. The molecule has 1 fully saturated rings. The number of aromatic amines is 1. The molecule has 0 bridgehead atoms. The predicted octanol–water partition coefficient (Wildman–Crippen LogP) is 1.53. The molecule has 0 atom stereocenters. The molecule has 1 aromatic carbocycles. The Labute approximate surface area is 131 Å². The fourth-order valence-electron chi connectivity index (χ4n) is 2.48. The summed E-state index contributed by atoms with van der Waals surface area (Å²) in [6.45, 7) is 2.80. The number of aromatic nitrogens is 4. The molecule has 3 aromatic rings. The van der Waals surface area contributed by atoms with Crippen molar-refractivity contribution in [3.05, 3.63) is 18.2 Å². The number of hydrogen-bond donors (Lipinski definition) is 2. The van der Waals surface area contributed by atoms with E-state index in [1.54, 1.807) is 7.11 Å². The topological polar surface area (TPSA) is 101 Å². The Morgan fingerprint density at radius 3 is 2.96 bits per heavy atom. The number of hydrogen-bond acceptors (Lipinski definition) is 8. The summed E-state index contributed by atoms with van der Waals surface area (Å²) in [5, 5.41) is 11.0. The first-order chi connectivity index (χ1) is 11.3. The number of morpholine rings is 1. The number of anilines is 3. The Kier molecular flexibility index (Phi) is 3.46. The van der Waals surface area contributed by atoms with Crippen molar-refractivity contribution >= 4 is 29.0 Å². The zero-order valence-electron chi connectivity index (χ0n) is 12.6. The number of H-pyrrole nitrogens is 1. The van der Waals surface area contributed by atoms with E-state index in [-0.39, 0.29) is 6.01 Å². The van der Waals surface area contributed by atoms with E-state index in [0.717, 1.165) is 29.9 Å². The summed E-state index contributed by atoms with van der Waals surface area (Å²) in [5.41, 5.74) is 1.60. The number of imidazole rings is 1. The van der Waals surface area contributed by atoms with Gasteiger partial charge in [0.1, 0.15) is 11.3 Å². The highest BCUT2D eigenvalue weighted by Crippen LogP contribution is 2.26. The van der Waals surface area contributed by atoms with Crippen LogP contribution in [0.4, 0.5) is 18.0 Å². The molecule has 120 valence electrons. The molecular formula is C14H16N6O3. The van der Waals surface area contributed by atoms with Gasteiger partial charge >= 0.3 is 12.0 Å². The van der Waals surface area contributed by atoms with E-state index in [9.17, 15) is 0 Å². The summed E-state index contributed by atoms with van der Waals surface area (Å²) in [6.07, 6.45) is 0. The minimum Gasteiger partial charge on any atom is -0.494 e. The highest BCUT2D eigenvalue weighted by Gasteiger charge is 2.18. The molecule has 1 aliphatic rings. The maximum absolute atomic E-state index is 5.63. The van der Waals surface area contributed by atoms with Gasteiger partial charge in [-0.05, 0) is 12.1 Å². The van der Waals surface area contributed by atoms with E-state index in [2.05, 4.69) is 25.5 Å². The van der Waals surface area contributed by atoms with Gasteiger partial charge in [-0.3, -0.25) is 5.32 Å². The number of rotatable bonds is 4. The maximum atomic E-state index is 5.63. The van der Waals surface area contributed by atoms with Gasteiger partial charge < -0.3 is 23.8 Å². The molecule has 9 nitrogen and oxygen atoms in total. The molecule has 9 heteroatoms. The number of nitrogens with zero attached hydrogens (tertiary/aromatic N) is 4. The van der Waals surface area contributed by atoms with Gasteiger partial charge in [-0.15, -0.1) is 0 Å². The Hall–Kier alpha value is -2.81. The molecule has 0 amide bonds. The number of ether oxygens (including phenoxy) is 2. The third-order valence-corrected chi connectivity index (χ3v) is 3.62. The zero-order chi connectivity index (χ0) is 15.6. The Balaban J connectivity index is 1.55. The second kappa shape index (κ2) is 5.76. The normalized spacial score (nSPS) is 15.1. The third kappa shape index (κ3) is 2.66. The van der Waals surface area contributed by atoms with Gasteiger partial charge in [0.15, 0.2) is 0 Å². The minimum atomic E-state index is 0.282. The molecule has 0 saturated carbocycles. The lowest BCUT2D eigenvalue weighted by Crippen LogP contribution is -2.36. The number of benzene rings is 1. The van der Waals surface area contributed by atoms with Gasteiger partial charge in [0.05, 0.1) is 25.8 Å². The first kappa shape index (κ1) is 13.8. The second-order valence-electron chi connectivity index (χ2n) is 5.05. The lowest BCUT2D eigenvalue weighted by Gasteiger charge is -2.24. The van der Waals surface area contributed by atoms with E-state index in [0.29, 0.717) is 25.2 Å². The van der Waals surface area contributed by atoms with Gasteiger partial charge in [-0.1, -0.05) is 16.3 Å². The van der Waals surface area contributed by atoms with E-state index < -0.39 is 0 Å². The first-order valence-electron chi connectivity index (χ1n) is 7.29. The summed E-state index contributed by atoms with van der Waals surface area (Å²) in [6, 6.07) is 6.41. The van der Waals surface area contributed by atoms with Crippen LogP contribution in [0.15, 0.2) is 22.6 Å². The number of methoxy groups -OCH3 is 1. The van der Waals surface area contributed by atoms with Crippen molar-refractivity contribution in [2.24, 2.45) is 0 Å². The van der Waals surface area contributed by atoms with Crippen LogP contribution in [0.5, 0.6) is 5.75 Å². The van der Waals surface area contributed by atoms with Gasteiger partial charge in [-0.25, -0.2) is 4.98 Å². The van der Waals surface area contributed by atoms with Gasteiger partial charge in [0.2, 0.25) is 5.95 Å². The van der Waals surface area contributed by atoms with Crippen LogP contribution in [0.3, 0.4) is 0 Å². The summed E-state index contributed by atoms with van der Waals surface area (Å²) >= 11 is 0.